The molecule has 0 saturated carbocycles. The molecule has 0 aliphatic carbocycles. The van der Waals surface area contributed by atoms with Gasteiger partial charge in [-0.25, -0.2) is 9.97 Å². The zero-order chi connectivity index (χ0) is 19.7. The first-order chi connectivity index (χ1) is 13.6. The van der Waals surface area contributed by atoms with Gasteiger partial charge in [0, 0.05) is 33.9 Å². The molecule has 0 radical (unpaired) electrons. The van der Waals surface area contributed by atoms with Crippen LogP contribution in [0.15, 0.2) is 47.3 Å². The summed E-state index contributed by atoms with van der Waals surface area (Å²) in [5.74, 6) is 0.564. The van der Waals surface area contributed by atoms with Crippen LogP contribution in [-0.2, 0) is 0 Å². The highest BCUT2D eigenvalue weighted by Gasteiger charge is 2.19. The van der Waals surface area contributed by atoms with E-state index in [-0.39, 0.29) is 5.91 Å². The lowest BCUT2D eigenvalue weighted by Crippen LogP contribution is -2.13. The van der Waals surface area contributed by atoms with Gasteiger partial charge in [-0.15, -0.1) is 22.7 Å². The van der Waals surface area contributed by atoms with Crippen molar-refractivity contribution in [1.82, 2.24) is 14.5 Å². The van der Waals surface area contributed by atoms with E-state index < -0.39 is 0 Å². The minimum Gasteiger partial charge on any atom is -0.496 e. The maximum Gasteiger partial charge on any atom is 0.259 e. The minimum absolute atomic E-state index is 0.183. The first-order valence-electron chi connectivity index (χ1n) is 8.57. The first-order valence-corrected chi connectivity index (χ1v) is 10.3. The molecule has 1 N–H and O–H groups in total. The van der Waals surface area contributed by atoms with Gasteiger partial charge in [0.05, 0.1) is 18.4 Å². The highest BCUT2D eigenvalue weighted by molar-refractivity contribution is 7.14. The molecule has 0 aliphatic rings. The summed E-state index contributed by atoms with van der Waals surface area (Å²) >= 11 is 2.92. The molecule has 1 aromatic carbocycles. The van der Waals surface area contributed by atoms with Crippen molar-refractivity contribution in [2.75, 3.05) is 12.4 Å². The minimum atomic E-state index is -0.183. The van der Waals surface area contributed by atoms with Crippen LogP contribution in [0.2, 0.25) is 0 Å². The summed E-state index contributed by atoms with van der Waals surface area (Å²) < 4.78 is 7.38. The molecule has 0 spiro atoms. The number of para-hydroxylation sites is 1. The molecule has 0 aliphatic heterocycles. The van der Waals surface area contributed by atoms with Crippen molar-refractivity contribution in [1.29, 1.82) is 0 Å². The van der Waals surface area contributed by atoms with Crippen molar-refractivity contribution >= 4 is 33.7 Å². The molecular weight excluding hydrogens is 392 g/mol. The van der Waals surface area contributed by atoms with E-state index in [9.17, 15) is 4.79 Å². The topological polar surface area (TPSA) is 69.0 Å². The summed E-state index contributed by atoms with van der Waals surface area (Å²) in [6.07, 6.45) is 1.76. The molecule has 4 rings (SSSR count). The van der Waals surface area contributed by atoms with Crippen LogP contribution in [-0.4, -0.2) is 27.6 Å². The van der Waals surface area contributed by atoms with Gasteiger partial charge in [-0.2, -0.15) is 0 Å². The molecule has 4 aromatic rings. The zero-order valence-corrected chi connectivity index (χ0v) is 17.2. The van der Waals surface area contributed by atoms with Gasteiger partial charge in [-0.3, -0.25) is 14.7 Å². The number of aryl methyl sites for hydroxylation is 1. The highest BCUT2D eigenvalue weighted by atomic mass is 32.1. The largest absolute Gasteiger partial charge is 0.496 e. The van der Waals surface area contributed by atoms with Crippen molar-refractivity contribution in [3.05, 3.63) is 64.2 Å². The van der Waals surface area contributed by atoms with Crippen molar-refractivity contribution in [3.63, 3.8) is 0 Å². The van der Waals surface area contributed by atoms with E-state index in [0.717, 1.165) is 33.5 Å². The Kier molecular flexibility index (Phi) is 4.97. The smallest absolute Gasteiger partial charge is 0.259 e. The van der Waals surface area contributed by atoms with Crippen molar-refractivity contribution in [2.45, 2.75) is 13.8 Å². The lowest BCUT2D eigenvalue weighted by Gasteiger charge is -2.06. The van der Waals surface area contributed by atoms with Crippen LogP contribution in [0.5, 0.6) is 5.75 Å². The first kappa shape index (κ1) is 18.4. The van der Waals surface area contributed by atoms with E-state index in [1.807, 2.05) is 59.5 Å². The normalized spacial score (nSPS) is 10.8. The van der Waals surface area contributed by atoms with Gasteiger partial charge in [-0.05, 0) is 32.0 Å². The summed E-state index contributed by atoms with van der Waals surface area (Å²) in [5.41, 5.74) is 4.09. The standard InChI is InChI=1S/C20H18N4O2S2/c1-12-10-15(13(2)24(12)20-21-8-9-27-20)18(25)23-19-22-16(11-28-19)14-6-4-5-7-17(14)26-3/h4-11H,1-3H3,(H,22,23,25). The number of carbonyl (C=O) groups is 1. The molecule has 0 saturated heterocycles. The van der Waals surface area contributed by atoms with E-state index in [4.69, 9.17) is 4.74 Å². The Labute approximate surface area is 170 Å². The molecule has 0 bridgehead atoms. The Morgan fingerprint density at radius 2 is 2.04 bits per heavy atom. The number of anilines is 1. The van der Waals surface area contributed by atoms with E-state index >= 15 is 0 Å². The number of hydrogen-bond acceptors (Lipinski definition) is 6. The Morgan fingerprint density at radius 1 is 1.21 bits per heavy atom. The Bertz CT molecular complexity index is 1130. The number of benzene rings is 1. The summed E-state index contributed by atoms with van der Waals surface area (Å²) in [6, 6.07) is 9.56. The monoisotopic (exact) mass is 410 g/mol. The second-order valence-corrected chi connectivity index (χ2v) is 7.86. The number of ether oxygens (including phenoxy) is 1. The van der Waals surface area contributed by atoms with Crippen LogP contribution in [0.4, 0.5) is 5.13 Å². The molecule has 0 fully saturated rings. The van der Waals surface area contributed by atoms with E-state index in [0.29, 0.717) is 10.7 Å². The Balaban J connectivity index is 1.59. The van der Waals surface area contributed by atoms with E-state index in [2.05, 4.69) is 15.3 Å². The highest BCUT2D eigenvalue weighted by Crippen LogP contribution is 2.32. The third-order valence-corrected chi connectivity index (χ3v) is 5.91. The number of nitrogens with one attached hydrogen (secondary N) is 1. The SMILES string of the molecule is COc1ccccc1-c1csc(NC(=O)c2cc(C)n(-c3nccs3)c2C)n1. The molecule has 0 unspecified atom stereocenters. The van der Waals surface area contributed by atoms with Crippen molar-refractivity contribution in [3.8, 4) is 22.1 Å². The van der Waals surface area contributed by atoms with E-state index in [1.54, 1.807) is 13.3 Å². The lowest BCUT2D eigenvalue weighted by molar-refractivity contribution is 0.102. The maximum absolute atomic E-state index is 12.8. The van der Waals surface area contributed by atoms with Crippen LogP contribution < -0.4 is 10.1 Å². The number of thiazole rings is 2. The molecule has 1 amide bonds. The summed E-state index contributed by atoms with van der Waals surface area (Å²) in [6.45, 7) is 3.89. The van der Waals surface area contributed by atoms with Gasteiger partial charge >= 0.3 is 0 Å². The van der Waals surface area contributed by atoms with Crippen LogP contribution in [0.3, 0.4) is 0 Å². The predicted octanol–water partition coefficient (Wildman–Crippen LogP) is 4.94. The number of aromatic nitrogens is 3. The maximum atomic E-state index is 12.8. The molecular formula is C20H18N4O2S2. The molecule has 3 aromatic heterocycles. The Morgan fingerprint density at radius 3 is 2.79 bits per heavy atom. The average Bonchev–Trinajstić information content (AvgIpc) is 3.43. The van der Waals surface area contributed by atoms with Gasteiger partial charge < -0.3 is 4.74 Å². The molecule has 8 heteroatoms. The number of rotatable bonds is 5. The van der Waals surface area contributed by atoms with Gasteiger partial charge in [0.1, 0.15) is 5.75 Å². The fourth-order valence-corrected chi connectivity index (χ4v) is 4.55. The second-order valence-electron chi connectivity index (χ2n) is 6.13. The zero-order valence-electron chi connectivity index (χ0n) is 15.6. The third-order valence-electron chi connectivity index (χ3n) is 4.39. The van der Waals surface area contributed by atoms with Crippen LogP contribution in [0.25, 0.3) is 16.4 Å². The van der Waals surface area contributed by atoms with Crippen molar-refractivity contribution < 1.29 is 9.53 Å². The van der Waals surface area contributed by atoms with Crippen molar-refractivity contribution in [2.24, 2.45) is 0 Å². The molecule has 28 heavy (non-hydrogen) atoms. The summed E-state index contributed by atoms with van der Waals surface area (Å²) in [4.78, 5) is 21.7. The molecule has 0 atom stereocenters. The molecule has 3 heterocycles. The average molecular weight is 411 g/mol. The number of methoxy groups -OCH3 is 1. The summed E-state index contributed by atoms with van der Waals surface area (Å²) in [5, 5.41) is 8.13. The van der Waals surface area contributed by atoms with Gasteiger partial charge in [-0.1, -0.05) is 12.1 Å². The van der Waals surface area contributed by atoms with Crippen LogP contribution in [0.1, 0.15) is 21.7 Å². The number of amides is 1. The quantitative estimate of drug-likeness (QED) is 0.506. The summed E-state index contributed by atoms with van der Waals surface area (Å²) in [7, 11) is 1.63. The third kappa shape index (κ3) is 3.32. The van der Waals surface area contributed by atoms with Crippen LogP contribution >= 0.6 is 22.7 Å². The predicted molar refractivity (Wildman–Crippen MR) is 113 cm³/mol. The van der Waals surface area contributed by atoms with E-state index in [1.165, 1.54) is 22.7 Å². The van der Waals surface area contributed by atoms with Gasteiger partial charge in [0.25, 0.3) is 5.91 Å². The molecule has 142 valence electrons. The van der Waals surface area contributed by atoms with Gasteiger partial charge in [0.15, 0.2) is 10.3 Å². The fourth-order valence-electron chi connectivity index (χ4n) is 3.09. The second kappa shape index (κ2) is 7.57. The lowest BCUT2D eigenvalue weighted by atomic mass is 10.1. The molecule has 6 nitrogen and oxygen atoms in total. The number of nitrogens with zero attached hydrogens (tertiary/aromatic N) is 3. The van der Waals surface area contributed by atoms with Crippen LogP contribution in [0, 0.1) is 13.8 Å². The number of carbonyl (C=O) groups excluding carboxylic acids is 1. The number of hydrogen-bond donors (Lipinski definition) is 1. The Hall–Kier alpha value is -2.97. The van der Waals surface area contributed by atoms with Gasteiger partial charge in [0.2, 0.25) is 0 Å². The fraction of sp³-hybridized carbons (Fsp3) is 0.150.